The molecule has 4 heteroatoms. The van der Waals surface area contributed by atoms with Crippen molar-refractivity contribution in [2.45, 2.75) is 13.3 Å². The predicted molar refractivity (Wildman–Crippen MR) is 80.2 cm³/mol. The monoisotopic (exact) mass is 286 g/mol. The van der Waals surface area contributed by atoms with Crippen LogP contribution < -0.4 is 4.90 Å². The number of aromatic nitrogens is 1. The standard InChI is InChI=1S/C16H15ClN2O/c1-11-8-12-4-2-3-5-14(12)19(10-11)16(20)13-6-7-15(17)18-9-13/h2-7,9,11H,8,10H2,1H3. The predicted octanol–water partition coefficient (Wildman–Crippen LogP) is 3.57. The lowest BCUT2D eigenvalue weighted by molar-refractivity contribution is 0.0980. The maximum atomic E-state index is 12.7. The third-order valence-corrected chi connectivity index (χ3v) is 3.79. The Morgan fingerprint density at radius 2 is 2.10 bits per heavy atom. The molecule has 0 radical (unpaired) electrons. The summed E-state index contributed by atoms with van der Waals surface area (Å²) in [6, 6.07) is 11.4. The molecule has 2 heterocycles. The van der Waals surface area contributed by atoms with Crippen molar-refractivity contribution in [3.05, 3.63) is 58.9 Å². The van der Waals surface area contributed by atoms with Gasteiger partial charge >= 0.3 is 0 Å². The third-order valence-electron chi connectivity index (χ3n) is 3.56. The number of rotatable bonds is 1. The average molecular weight is 287 g/mol. The number of hydrogen-bond donors (Lipinski definition) is 0. The van der Waals surface area contributed by atoms with Gasteiger partial charge in [-0.25, -0.2) is 4.98 Å². The molecule has 3 nitrogen and oxygen atoms in total. The van der Waals surface area contributed by atoms with Crippen molar-refractivity contribution in [1.29, 1.82) is 0 Å². The molecule has 0 spiro atoms. The number of fused-ring (bicyclic) bond motifs is 1. The molecule has 0 fully saturated rings. The van der Waals surface area contributed by atoms with Crippen LogP contribution in [0.5, 0.6) is 0 Å². The van der Waals surface area contributed by atoms with E-state index in [1.54, 1.807) is 12.1 Å². The molecule has 0 saturated carbocycles. The Bertz CT molecular complexity index is 639. The van der Waals surface area contributed by atoms with Crippen LogP contribution in [-0.2, 0) is 6.42 Å². The Morgan fingerprint density at radius 3 is 2.85 bits per heavy atom. The molecule has 0 aliphatic carbocycles. The second-order valence-corrected chi connectivity index (χ2v) is 5.61. The number of pyridine rings is 1. The van der Waals surface area contributed by atoms with E-state index >= 15 is 0 Å². The van der Waals surface area contributed by atoms with Crippen LogP contribution in [0.4, 0.5) is 5.69 Å². The Morgan fingerprint density at radius 1 is 1.30 bits per heavy atom. The first-order chi connectivity index (χ1) is 9.65. The van der Waals surface area contributed by atoms with Crippen molar-refractivity contribution in [3.63, 3.8) is 0 Å². The molecule has 1 aromatic heterocycles. The third kappa shape index (κ3) is 2.41. The summed E-state index contributed by atoms with van der Waals surface area (Å²) < 4.78 is 0. The number of para-hydroxylation sites is 1. The van der Waals surface area contributed by atoms with E-state index in [4.69, 9.17) is 11.6 Å². The summed E-state index contributed by atoms with van der Waals surface area (Å²) in [4.78, 5) is 18.5. The normalized spacial score (nSPS) is 17.7. The summed E-state index contributed by atoms with van der Waals surface area (Å²) in [6.45, 7) is 2.90. The highest BCUT2D eigenvalue weighted by Gasteiger charge is 2.26. The summed E-state index contributed by atoms with van der Waals surface area (Å²) in [5.74, 6) is 0.433. The van der Waals surface area contributed by atoms with Gasteiger partial charge in [0.2, 0.25) is 0 Å². The van der Waals surface area contributed by atoms with Crippen LogP contribution >= 0.6 is 11.6 Å². The van der Waals surface area contributed by atoms with Crippen molar-refractivity contribution >= 4 is 23.2 Å². The Hall–Kier alpha value is -1.87. The van der Waals surface area contributed by atoms with E-state index in [0.29, 0.717) is 16.6 Å². The van der Waals surface area contributed by atoms with Crippen LogP contribution in [0.25, 0.3) is 0 Å². The molecule has 3 rings (SSSR count). The van der Waals surface area contributed by atoms with Crippen molar-refractivity contribution in [2.75, 3.05) is 11.4 Å². The van der Waals surface area contributed by atoms with E-state index in [-0.39, 0.29) is 5.91 Å². The second-order valence-electron chi connectivity index (χ2n) is 5.22. The maximum Gasteiger partial charge on any atom is 0.259 e. The maximum absolute atomic E-state index is 12.7. The number of amides is 1. The van der Waals surface area contributed by atoms with E-state index in [9.17, 15) is 4.79 Å². The number of carbonyl (C=O) groups is 1. The van der Waals surface area contributed by atoms with Crippen molar-refractivity contribution in [3.8, 4) is 0 Å². The van der Waals surface area contributed by atoms with Crippen molar-refractivity contribution in [1.82, 2.24) is 4.98 Å². The summed E-state index contributed by atoms with van der Waals surface area (Å²) in [5, 5.41) is 0.397. The molecule has 20 heavy (non-hydrogen) atoms. The topological polar surface area (TPSA) is 33.2 Å². The largest absolute Gasteiger partial charge is 0.308 e. The van der Waals surface area contributed by atoms with Gasteiger partial charge in [0.05, 0.1) is 5.56 Å². The van der Waals surface area contributed by atoms with Gasteiger partial charge in [-0.3, -0.25) is 4.79 Å². The molecule has 0 saturated heterocycles. The van der Waals surface area contributed by atoms with Crippen LogP contribution in [0.3, 0.4) is 0 Å². The molecule has 0 N–H and O–H groups in total. The Labute approximate surface area is 123 Å². The SMILES string of the molecule is CC1Cc2ccccc2N(C(=O)c2ccc(Cl)nc2)C1. The molecule has 1 atom stereocenters. The van der Waals surface area contributed by atoms with E-state index < -0.39 is 0 Å². The zero-order valence-corrected chi connectivity index (χ0v) is 12.0. The van der Waals surface area contributed by atoms with Crippen LogP contribution in [0.1, 0.15) is 22.8 Å². The van der Waals surface area contributed by atoms with E-state index in [1.807, 2.05) is 23.1 Å². The Kier molecular flexibility index (Phi) is 3.45. The fraction of sp³-hybridized carbons (Fsp3) is 0.250. The van der Waals surface area contributed by atoms with Gasteiger partial charge in [-0.2, -0.15) is 0 Å². The first kappa shape index (κ1) is 13.1. The lowest BCUT2D eigenvalue weighted by atomic mass is 9.93. The molecular weight excluding hydrogens is 272 g/mol. The fourth-order valence-electron chi connectivity index (χ4n) is 2.65. The van der Waals surface area contributed by atoms with Crippen LogP contribution in [0.2, 0.25) is 5.15 Å². The number of nitrogens with zero attached hydrogens (tertiary/aromatic N) is 2. The molecule has 2 aromatic rings. The van der Waals surface area contributed by atoms with Gasteiger partial charge in [0.1, 0.15) is 5.15 Å². The zero-order valence-electron chi connectivity index (χ0n) is 11.2. The molecule has 0 bridgehead atoms. The minimum absolute atomic E-state index is 0.0202. The van der Waals surface area contributed by atoms with Gasteiger partial charge < -0.3 is 4.90 Å². The average Bonchev–Trinajstić information content (AvgIpc) is 2.46. The molecule has 1 aromatic carbocycles. The molecule has 1 aliphatic heterocycles. The summed E-state index contributed by atoms with van der Waals surface area (Å²) in [6.07, 6.45) is 2.55. The summed E-state index contributed by atoms with van der Waals surface area (Å²) >= 11 is 5.77. The smallest absolute Gasteiger partial charge is 0.259 e. The number of anilines is 1. The fourth-order valence-corrected chi connectivity index (χ4v) is 2.76. The zero-order chi connectivity index (χ0) is 14.1. The van der Waals surface area contributed by atoms with Crippen LogP contribution in [0, 0.1) is 5.92 Å². The number of hydrogen-bond acceptors (Lipinski definition) is 2. The van der Waals surface area contributed by atoms with Gasteiger partial charge in [0.15, 0.2) is 0 Å². The molecular formula is C16H15ClN2O. The van der Waals surface area contributed by atoms with Gasteiger partial charge in [-0.05, 0) is 36.1 Å². The molecule has 1 amide bonds. The van der Waals surface area contributed by atoms with Crippen LogP contribution in [-0.4, -0.2) is 17.4 Å². The number of benzene rings is 1. The second kappa shape index (κ2) is 5.25. The summed E-state index contributed by atoms with van der Waals surface area (Å²) in [5.41, 5.74) is 2.80. The van der Waals surface area contributed by atoms with E-state index in [0.717, 1.165) is 18.7 Å². The summed E-state index contributed by atoms with van der Waals surface area (Å²) in [7, 11) is 0. The minimum Gasteiger partial charge on any atom is -0.308 e. The van der Waals surface area contributed by atoms with Gasteiger partial charge in [0, 0.05) is 18.4 Å². The highest BCUT2D eigenvalue weighted by Crippen LogP contribution is 2.30. The van der Waals surface area contributed by atoms with Gasteiger partial charge in [-0.1, -0.05) is 36.7 Å². The quantitative estimate of drug-likeness (QED) is 0.751. The molecule has 1 unspecified atom stereocenters. The Balaban J connectivity index is 1.97. The van der Waals surface area contributed by atoms with E-state index in [1.165, 1.54) is 11.8 Å². The van der Waals surface area contributed by atoms with Crippen molar-refractivity contribution < 1.29 is 4.79 Å². The molecule has 102 valence electrons. The van der Waals surface area contributed by atoms with E-state index in [2.05, 4.69) is 18.0 Å². The lowest BCUT2D eigenvalue weighted by Gasteiger charge is -2.33. The van der Waals surface area contributed by atoms with Gasteiger partial charge in [0.25, 0.3) is 5.91 Å². The lowest BCUT2D eigenvalue weighted by Crippen LogP contribution is -2.39. The number of carbonyl (C=O) groups excluding carboxylic acids is 1. The minimum atomic E-state index is -0.0202. The van der Waals surface area contributed by atoms with Gasteiger partial charge in [-0.15, -0.1) is 0 Å². The number of halogens is 1. The highest BCUT2D eigenvalue weighted by atomic mass is 35.5. The van der Waals surface area contributed by atoms with Crippen LogP contribution in [0.15, 0.2) is 42.6 Å². The van der Waals surface area contributed by atoms with Crippen molar-refractivity contribution in [2.24, 2.45) is 5.92 Å². The highest BCUT2D eigenvalue weighted by molar-refractivity contribution is 6.29. The molecule has 1 aliphatic rings. The first-order valence-corrected chi connectivity index (χ1v) is 7.04. The first-order valence-electron chi connectivity index (χ1n) is 6.66.